The van der Waals surface area contributed by atoms with Crippen LogP contribution in [0.3, 0.4) is 0 Å². The van der Waals surface area contributed by atoms with Gasteiger partial charge in [-0.1, -0.05) is 0 Å². The highest BCUT2D eigenvalue weighted by Crippen LogP contribution is 2.24. The summed E-state index contributed by atoms with van der Waals surface area (Å²) in [5, 5.41) is 9.03. The normalized spacial score (nSPS) is 25.0. The summed E-state index contributed by atoms with van der Waals surface area (Å²) in [4.78, 5) is 21.7. The molecular weight excluding hydrogens is 230 g/mol. The molecule has 2 heterocycles. The highest BCUT2D eigenvalue weighted by Gasteiger charge is 2.29. The molecule has 1 aromatic rings. The summed E-state index contributed by atoms with van der Waals surface area (Å²) < 4.78 is 0. The standard InChI is InChI=1S/C13H19N3O2/c1-9-7-11(13(17)18)4-6-16(9)8-12-3-5-14-10(2)15-12/h3,5,9,11H,4,6-8H2,1-2H3,(H,17,18). The van der Waals surface area contributed by atoms with Gasteiger partial charge >= 0.3 is 5.97 Å². The van der Waals surface area contributed by atoms with Gasteiger partial charge in [0, 0.05) is 18.8 Å². The van der Waals surface area contributed by atoms with Gasteiger partial charge in [-0.25, -0.2) is 9.97 Å². The third-order valence-electron chi connectivity index (χ3n) is 3.56. The van der Waals surface area contributed by atoms with Crippen molar-refractivity contribution in [1.82, 2.24) is 14.9 Å². The van der Waals surface area contributed by atoms with Crippen LogP contribution in [-0.2, 0) is 11.3 Å². The summed E-state index contributed by atoms with van der Waals surface area (Å²) >= 11 is 0. The second-order valence-corrected chi connectivity index (χ2v) is 4.97. The number of carboxylic acid groups (broad SMARTS) is 1. The Morgan fingerprint density at radius 1 is 1.61 bits per heavy atom. The van der Waals surface area contributed by atoms with Crippen LogP contribution >= 0.6 is 0 Å². The molecule has 0 bridgehead atoms. The molecule has 1 aliphatic heterocycles. The third kappa shape index (κ3) is 3.04. The number of carboxylic acids is 1. The van der Waals surface area contributed by atoms with Crippen molar-refractivity contribution in [3.63, 3.8) is 0 Å². The van der Waals surface area contributed by atoms with Crippen molar-refractivity contribution in [3.05, 3.63) is 23.8 Å². The molecule has 2 atom stereocenters. The predicted octanol–water partition coefficient (Wildman–Crippen LogP) is 1.47. The maximum absolute atomic E-state index is 11.0. The average molecular weight is 249 g/mol. The molecule has 1 saturated heterocycles. The molecule has 98 valence electrons. The van der Waals surface area contributed by atoms with E-state index < -0.39 is 5.97 Å². The number of hydrogen-bond acceptors (Lipinski definition) is 4. The molecule has 0 amide bonds. The van der Waals surface area contributed by atoms with Gasteiger partial charge in [0.15, 0.2) is 0 Å². The average Bonchev–Trinajstić information content (AvgIpc) is 2.31. The van der Waals surface area contributed by atoms with E-state index in [0.29, 0.717) is 0 Å². The Morgan fingerprint density at radius 2 is 2.39 bits per heavy atom. The smallest absolute Gasteiger partial charge is 0.306 e. The van der Waals surface area contributed by atoms with Gasteiger partial charge in [-0.3, -0.25) is 9.69 Å². The van der Waals surface area contributed by atoms with E-state index in [0.717, 1.165) is 37.4 Å². The molecule has 0 aliphatic carbocycles. The van der Waals surface area contributed by atoms with Gasteiger partial charge in [-0.05, 0) is 39.3 Å². The molecular formula is C13H19N3O2. The Balaban J connectivity index is 1.97. The van der Waals surface area contributed by atoms with Crippen molar-refractivity contribution in [1.29, 1.82) is 0 Å². The first-order valence-corrected chi connectivity index (χ1v) is 6.31. The fourth-order valence-corrected chi connectivity index (χ4v) is 2.48. The van der Waals surface area contributed by atoms with E-state index in [4.69, 9.17) is 5.11 Å². The van der Waals surface area contributed by atoms with Crippen LogP contribution in [0.2, 0.25) is 0 Å². The molecule has 0 aromatic carbocycles. The van der Waals surface area contributed by atoms with E-state index in [1.165, 1.54) is 0 Å². The molecule has 1 N–H and O–H groups in total. The van der Waals surface area contributed by atoms with Crippen LogP contribution < -0.4 is 0 Å². The summed E-state index contributed by atoms with van der Waals surface area (Å²) in [5.74, 6) is -0.0802. The number of hydrogen-bond donors (Lipinski definition) is 1. The Labute approximate surface area is 107 Å². The molecule has 2 rings (SSSR count). The number of aromatic nitrogens is 2. The van der Waals surface area contributed by atoms with Crippen LogP contribution in [0.15, 0.2) is 12.3 Å². The molecule has 0 radical (unpaired) electrons. The van der Waals surface area contributed by atoms with Gasteiger partial charge in [-0.2, -0.15) is 0 Å². The Morgan fingerprint density at radius 3 is 3.00 bits per heavy atom. The van der Waals surface area contributed by atoms with Gasteiger partial charge < -0.3 is 5.11 Å². The van der Waals surface area contributed by atoms with E-state index in [1.54, 1.807) is 6.20 Å². The molecule has 1 fully saturated rings. The van der Waals surface area contributed by atoms with E-state index >= 15 is 0 Å². The van der Waals surface area contributed by atoms with Crippen LogP contribution in [0, 0.1) is 12.8 Å². The molecule has 5 heteroatoms. The number of nitrogens with zero attached hydrogens (tertiary/aromatic N) is 3. The largest absolute Gasteiger partial charge is 0.481 e. The summed E-state index contributed by atoms with van der Waals surface area (Å²) in [6.07, 6.45) is 3.22. The number of aliphatic carboxylic acids is 1. The highest BCUT2D eigenvalue weighted by atomic mass is 16.4. The predicted molar refractivity (Wildman–Crippen MR) is 67.0 cm³/mol. The van der Waals surface area contributed by atoms with Crippen molar-refractivity contribution in [3.8, 4) is 0 Å². The summed E-state index contributed by atoms with van der Waals surface area (Å²) in [5.41, 5.74) is 1.00. The highest BCUT2D eigenvalue weighted by molar-refractivity contribution is 5.70. The minimum Gasteiger partial charge on any atom is -0.481 e. The van der Waals surface area contributed by atoms with Crippen molar-refractivity contribution in [2.45, 2.75) is 39.3 Å². The zero-order valence-corrected chi connectivity index (χ0v) is 10.8. The SMILES string of the molecule is Cc1nccc(CN2CCC(C(=O)O)CC2C)n1. The van der Waals surface area contributed by atoms with Gasteiger partial charge in [0.05, 0.1) is 11.6 Å². The van der Waals surface area contributed by atoms with Gasteiger partial charge in [0.1, 0.15) is 5.82 Å². The Bertz CT molecular complexity index is 436. The first-order chi connectivity index (χ1) is 8.56. The van der Waals surface area contributed by atoms with Crippen LogP contribution in [0.4, 0.5) is 0 Å². The lowest BCUT2D eigenvalue weighted by Crippen LogP contribution is -2.42. The maximum atomic E-state index is 11.0. The lowest BCUT2D eigenvalue weighted by molar-refractivity contribution is -0.144. The summed E-state index contributed by atoms with van der Waals surface area (Å²) in [6.45, 7) is 5.56. The van der Waals surface area contributed by atoms with E-state index in [1.807, 2.05) is 13.0 Å². The molecule has 18 heavy (non-hydrogen) atoms. The first-order valence-electron chi connectivity index (χ1n) is 6.31. The lowest BCUT2D eigenvalue weighted by Gasteiger charge is -2.35. The molecule has 1 aromatic heterocycles. The van der Waals surface area contributed by atoms with Crippen LogP contribution in [0.25, 0.3) is 0 Å². The second-order valence-electron chi connectivity index (χ2n) is 4.97. The lowest BCUT2D eigenvalue weighted by atomic mass is 9.91. The zero-order valence-electron chi connectivity index (χ0n) is 10.8. The number of likely N-dealkylation sites (tertiary alicyclic amines) is 1. The molecule has 5 nitrogen and oxygen atoms in total. The molecule has 0 saturated carbocycles. The van der Waals surface area contributed by atoms with Gasteiger partial charge in [0.25, 0.3) is 0 Å². The fourth-order valence-electron chi connectivity index (χ4n) is 2.48. The van der Waals surface area contributed by atoms with Crippen molar-refractivity contribution >= 4 is 5.97 Å². The number of carbonyl (C=O) groups is 1. The summed E-state index contributed by atoms with van der Waals surface area (Å²) in [7, 11) is 0. The number of piperidine rings is 1. The van der Waals surface area contributed by atoms with Crippen LogP contribution in [0.1, 0.15) is 31.3 Å². The maximum Gasteiger partial charge on any atom is 0.306 e. The first kappa shape index (κ1) is 13.0. The summed E-state index contributed by atoms with van der Waals surface area (Å²) in [6, 6.07) is 2.21. The number of rotatable bonds is 3. The fraction of sp³-hybridized carbons (Fsp3) is 0.615. The number of aryl methyl sites for hydroxylation is 1. The monoisotopic (exact) mass is 249 g/mol. The molecule has 2 unspecified atom stereocenters. The van der Waals surface area contributed by atoms with Crippen LogP contribution in [0.5, 0.6) is 0 Å². The van der Waals surface area contributed by atoms with Gasteiger partial charge in [0.2, 0.25) is 0 Å². The van der Waals surface area contributed by atoms with Gasteiger partial charge in [-0.15, -0.1) is 0 Å². The topological polar surface area (TPSA) is 66.3 Å². The second kappa shape index (κ2) is 5.44. The molecule has 0 spiro atoms. The van der Waals surface area contributed by atoms with Crippen molar-refractivity contribution in [2.75, 3.05) is 6.54 Å². The minimum absolute atomic E-state index is 0.191. The Hall–Kier alpha value is -1.49. The Kier molecular flexibility index (Phi) is 3.91. The van der Waals surface area contributed by atoms with Crippen molar-refractivity contribution in [2.24, 2.45) is 5.92 Å². The molecule has 1 aliphatic rings. The quantitative estimate of drug-likeness (QED) is 0.878. The third-order valence-corrected chi connectivity index (χ3v) is 3.56. The minimum atomic E-state index is -0.667. The van der Waals surface area contributed by atoms with E-state index in [9.17, 15) is 4.79 Å². The van der Waals surface area contributed by atoms with E-state index in [2.05, 4.69) is 21.8 Å². The van der Waals surface area contributed by atoms with Crippen LogP contribution in [-0.4, -0.2) is 38.5 Å². The van der Waals surface area contributed by atoms with Crippen molar-refractivity contribution < 1.29 is 9.90 Å². The zero-order chi connectivity index (χ0) is 13.1. The van der Waals surface area contributed by atoms with E-state index in [-0.39, 0.29) is 12.0 Å².